The molecule has 0 unspecified atom stereocenters. The van der Waals surface area contributed by atoms with Gasteiger partial charge in [0.2, 0.25) is 0 Å². The van der Waals surface area contributed by atoms with Gasteiger partial charge in [0.25, 0.3) is 0 Å². The topological polar surface area (TPSA) is 63.3 Å². The molecule has 1 heterocycles. The summed E-state index contributed by atoms with van der Waals surface area (Å²) in [6.07, 6.45) is 0. The highest BCUT2D eigenvalue weighted by Crippen LogP contribution is 2.33. The minimum atomic E-state index is -1.13. The minimum Gasteiger partial charge on any atom is -0.477 e. The lowest BCUT2D eigenvalue weighted by molar-refractivity contribution is 0.0693. The van der Waals surface area contributed by atoms with E-state index >= 15 is 0 Å². The van der Waals surface area contributed by atoms with Gasteiger partial charge in [0.1, 0.15) is 17.1 Å². The zero-order valence-electron chi connectivity index (χ0n) is 10.9. The normalized spacial score (nSPS) is 11.6. The summed E-state index contributed by atoms with van der Waals surface area (Å²) in [7, 11) is 0. The van der Waals surface area contributed by atoms with E-state index in [4.69, 9.17) is 4.52 Å². The Morgan fingerprint density at radius 3 is 2.58 bits per heavy atom. The molecule has 0 amide bonds. The fourth-order valence-electron chi connectivity index (χ4n) is 1.83. The molecular formula is C14H14FNO3. The number of carbonyl (C=O) groups is 1. The van der Waals surface area contributed by atoms with Gasteiger partial charge in [0, 0.05) is 11.0 Å². The standard InChI is InChI=1S/C14H14FNO3/c1-14(2,3)12-10(13(17)18)11(16-19-12)8-5-4-6-9(15)7-8/h4-7H,1-3H3,(H,17,18). The van der Waals surface area contributed by atoms with Crippen LogP contribution < -0.4 is 0 Å². The van der Waals surface area contributed by atoms with Crippen LogP contribution in [-0.4, -0.2) is 16.2 Å². The highest BCUT2D eigenvalue weighted by Gasteiger charge is 2.31. The maximum absolute atomic E-state index is 13.2. The van der Waals surface area contributed by atoms with Crippen molar-refractivity contribution in [3.05, 3.63) is 41.4 Å². The molecule has 0 bridgehead atoms. The number of hydrogen-bond donors (Lipinski definition) is 1. The van der Waals surface area contributed by atoms with Gasteiger partial charge in [-0.05, 0) is 12.1 Å². The molecule has 1 aromatic heterocycles. The third-order valence-electron chi connectivity index (χ3n) is 2.69. The molecule has 0 aliphatic rings. The van der Waals surface area contributed by atoms with Crippen molar-refractivity contribution in [2.45, 2.75) is 26.2 Å². The van der Waals surface area contributed by atoms with Crippen LogP contribution in [0.4, 0.5) is 4.39 Å². The molecule has 0 aliphatic carbocycles. The van der Waals surface area contributed by atoms with Crippen molar-refractivity contribution in [1.29, 1.82) is 0 Å². The van der Waals surface area contributed by atoms with Crippen LogP contribution in [-0.2, 0) is 5.41 Å². The Kier molecular flexibility index (Phi) is 3.14. The summed E-state index contributed by atoms with van der Waals surface area (Å²) in [4.78, 5) is 11.4. The maximum Gasteiger partial charge on any atom is 0.341 e. The van der Waals surface area contributed by atoms with E-state index in [-0.39, 0.29) is 17.0 Å². The molecule has 2 rings (SSSR count). The first-order chi connectivity index (χ1) is 8.80. The zero-order valence-corrected chi connectivity index (χ0v) is 10.9. The molecule has 0 spiro atoms. The molecule has 0 fully saturated rings. The molecule has 0 saturated carbocycles. The average molecular weight is 263 g/mol. The van der Waals surface area contributed by atoms with Gasteiger partial charge >= 0.3 is 5.97 Å². The fraction of sp³-hybridized carbons (Fsp3) is 0.286. The van der Waals surface area contributed by atoms with Gasteiger partial charge in [-0.2, -0.15) is 0 Å². The molecule has 0 aliphatic heterocycles. The van der Waals surface area contributed by atoms with Crippen LogP contribution in [0.5, 0.6) is 0 Å². The number of carboxylic acids is 1. The first-order valence-electron chi connectivity index (χ1n) is 5.80. The van der Waals surface area contributed by atoms with E-state index in [0.717, 1.165) is 0 Å². The van der Waals surface area contributed by atoms with E-state index in [2.05, 4.69) is 5.16 Å². The summed E-state index contributed by atoms with van der Waals surface area (Å²) in [5.74, 6) is -1.31. The molecule has 0 radical (unpaired) electrons. The summed E-state index contributed by atoms with van der Waals surface area (Å²) in [5.41, 5.74) is 0.0263. The molecular weight excluding hydrogens is 249 g/mol. The van der Waals surface area contributed by atoms with Crippen molar-refractivity contribution in [2.75, 3.05) is 0 Å². The van der Waals surface area contributed by atoms with Gasteiger partial charge in [-0.3, -0.25) is 0 Å². The second-order valence-electron chi connectivity index (χ2n) is 5.30. The van der Waals surface area contributed by atoms with Gasteiger partial charge in [-0.1, -0.05) is 38.1 Å². The summed E-state index contributed by atoms with van der Waals surface area (Å²) in [5, 5.41) is 13.1. The van der Waals surface area contributed by atoms with Gasteiger partial charge in [0.05, 0.1) is 0 Å². The molecule has 1 N–H and O–H groups in total. The summed E-state index contributed by atoms with van der Waals surface area (Å²) in [6.45, 7) is 5.49. The second kappa shape index (κ2) is 4.50. The Labute approximate surface area is 109 Å². The van der Waals surface area contributed by atoms with Gasteiger partial charge in [-0.15, -0.1) is 0 Å². The number of nitrogens with zero attached hydrogens (tertiary/aromatic N) is 1. The SMILES string of the molecule is CC(C)(C)c1onc(-c2cccc(F)c2)c1C(=O)O. The van der Waals surface area contributed by atoms with Crippen LogP contribution in [0.3, 0.4) is 0 Å². The Hall–Kier alpha value is -2.17. The van der Waals surface area contributed by atoms with Crippen LogP contribution in [0.1, 0.15) is 36.9 Å². The lowest BCUT2D eigenvalue weighted by Crippen LogP contribution is -2.15. The van der Waals surface area contributed by atoms with Crippen LogP contribution in [0.15, 0.2) is 28.8 Å². The van der Waals surface area contributed by atoms with Crippen molar-refractivity contribution >= 4 is 5.97 Å². The Bertz CT molecular complexity index is 626. The molecule has 0 atom stereocenters. The molecule has 5 heteroatoms. The average Bonchev–Trinajstić information content (AvgIpc) is 2.72. The molecule has 100 valence electrons. The maximum atomic E-state index is 13.2. The van der Waals surface area contributed by atoms with E-state index in [9.17, 15) is 14.3 Å². The molecule has 0 saturated heterocycles. The number of benzene rings is 1. The predicted octanol–water partition coefficient (Wildman–Crippen LogP) is 3.48. The van der Waals surface area contributed by atoms with Crippen LogP contribution in [0.25, 0.3) is 11.3 Å². The quantitative estimate of drug-likeness (QED) is 0.901. The molecule has 4 nitrogen and oxygen atoms in total. The van der Waals surface area contributed by atoms with E-state index in [1.807, 2.05) is 20.8 Å². The Balaban J connectivity index is 2.66. The third kappa shape index (κ3) is 2.50. The Morgan fingerprint density at radius 1 is 1.37 bits per heavy atom. The molecule has 2 aromatic rings. The summed E-state index contributed by atoms with van der Waals surface area (Å²) < 4.78 is 18.4. The predicted molar refractivity (Wildman–Crippen MR) is 67.6 cm³/mol. The minimum absolute atomic E-state index is 0.0156. The van der Waals surface area contributed by atoms with Crippen molar-refractivity contribution in [3.8, 4) is 11.3 Å². The van der Waals surface area contributed by atoms with E-state index in [1.54, 1.807) is 6.07 Å². The molecule has 19 heavy (non-hydrogen) atoms. The lowest BCUT2D eigenvalue weighted by atomic mass is 9.89. The van der Waals surface area contributed by atoms with Gasteiger partial charge < -0.3 is 9.63 Å². The number of aromatic carboxylic acids is 1. The van der Waals surface area contributed by atoms with E-state index in [1.165, 1.54) is 18.2 Å². The summed E-state index contributed by atoms with van der Waals surface area (Å²) in [6, 6.07) is 5.62. The van der Waals surface area contributed by atoms with Crippen molar-refractivity contribution < 1.29 is 18.8 Å². The number of halogens is 1. The number of aromatic nitrogens is 1. The van der Waals surface area contributed by atoms with E-state index < -0.39 is 17.2 Å². The van der Waals surface area contributed by atoms with Crippen molar-refractivity contribution in [2.24, 2.45) is 0 Å². The van der Waals surface area contributed by atoms with Crippen molar-refractivity contribution in [3.63, 3.8) is 0 Å². The highest BCUT2D eigenvalue weighted by molar-refractivity contribution is 5.96. The fourth-order valence-corrected chi connectivity index (χ4v) is 1.83. The number of rotatable bonds is 2. The number of hydrogen-bond acceptors (Lipinski definition) is 3. The van der Waals surface area contributed by atoms with Crippen LogP contribution in [0, 0.1) is 5.82 Å². The lowest BCUT2D eigenvalue weighted by Gasteiger charge is -2.14. The number of carboxylic acid groups (broad SMARTS) is 1. The highest BCUT2D eigenvalue weighted by atomic mass is 19.1. The monoisotopic (exact) mass is 263 g/mol. The third-order valence-corrected chi connectivity index (χ3v) is 2.69. The van der Waals surface area contributed by atoms with Crippen LogP contribution in [0.2, 0.25) is 0 Å². The zero-order chi connectivity index (χ0) is 14.2. The second-order valence-corrected chi connectivity index (χ2v) is 5.30. The first-order valence-corrected chi connectivity index (χ1v) is 5.80. The smallest absolute Gasteiger partial charge is 0.341 e. The van der Waals surface area contributed by atoms with E-state index in [0.29, 0.717) is 5.56 Å². The largest absolute Gasteiger partial charge is 0.477 e. The van der Waals surface area contributed by atoms with Crippen LogP contribution >= 0.6 is 0 Å². The Morgan fingerprint density at radius 2 is 2.05 bits per heavy atom. The first kappa shape index (κ1) is 13.3. The van der Waals surface area contributed by atoms with Gasteiger partial charge in [-0.25, -0.2) is 9.18 Å². The molecule has 1 aromatic carbocycles. The van der Waals surface area contributed by atoms with Gasteiger partial charge in [0.15, 0.2) is 5.76 Å². The summed E-state index contributed by atoms with van der Waals surface area (Å²) >= 11 is 0. The van der Waals surface area contributed by atoms with Crippen molar-refractivity contribution in [1.82, 2.24) is 5.16 Å².